The topological polar surface area (TPSA) is 94.9 Å². The quantitative estimate of drug-likeness (QED) is 0.223. The first-order valence-corrected chi connectivity index (χ1v) is 15.0. The minimum Gasteiger partial charge on any atom is -0.504 e. The van der Waals surface area contributed by atoms with E-state index in [1.165, 1.54) is 5.56 Å². The van der Waals surface area contributed by atoms with E-state index in [0.29, 0.717) is 29.4 Å². The molecule has 3 N–H and O–H groups in total. The van der Waals surface area contributed by atoms with E-state index in [0.717, 1.165) is 60.2 Å². The summed E-state index contributed by atoms with van der Waals surface area (Å²) in [7, 11) is 7.38. The first-order chi connectivity index (χ1) is 21.2. The number of likely N-dealkylation sites (N-methyl/N-ethyl adjacent to an activating group) is 2. The normalized spacial score (nSPS) is 18.4. The molecule has 0 bridgehead atoms. The maximum Gasteiger partial charge on any atom is 0.169 e. The molecule has 2 heterocycles. The van der Waals surface area contributed by atoms with Gasteiger partial charge in [0.1, 0.15) is 5.75 Å². The summed E-state index contributed by atoms with van der Waals surface area (Å²) in [4.78, 5) is 4.65. The molecule has 0 unspecified atom stereocenters. The molecule has 2 aliphatic rings. The van der Waals surface area contributed by atoms with Crippen LogP contribution in [0.3, 0.4) is 0 Å². The van der Waals surface area contributed by atoms with E-state index < -0.39 is 0 Å². The SMILES string of the molecule is COc1cc2c(cc1O)CCN(C)[C@@H]2Cc1ccc(Oc2cc(C[C@@H]3c4cc(OC)c(O)cc4CCN3C)ccc2O)cc1. The zero-order valence-corrected chi connectivity index (χ0v) is 25.7. The lowest BCUT2D eigenvalue weighted by Crippen LogP contribution is -2.33. The smallest absolute Gasteiger partial charge is 0.169 e. The number of aromatic hydroxyl groups is 3. The van der Waals surface area contributed by atoms with Crippen molar-refractivity contribution in [3.05, 3.63) is 100 Å². The van der Waals surface area contributed by atoms with E-state index in [-0.39, 0.29) is 29.3 Å². The number of phenols is 3. The van der Waals surface area contributed by atoms with E-state index in [2.05, 4.69) is 36.0 Å². The molecule has 0 spiro atoms. The minimum absolute atomic E-state index is 0.0828. The van der Waals surface area contributed by atoms with Crippen LogP contribution < -0.4 is 14.2 Å². The minimum atomic E-state index is 0.0828. The van der Waals surface area contributed by atoms with Crippen LogP contribution >= 0.6 is 0 Å². The average Bonchev–Trinajstić information content (AvgIpc) is 3.02. The molecule has 230 valence electrons. The third-order valence-electron chi connectivity index (χ3n) is 9.16. The zero-order valence-electron chi connectivity index (χ0n) is 25.7. The van der Waals surface area contributed by atoms with Crippen LogP contribution in [0, 0.1) is 0 Å². The Morgan fingerprint density at radius 1 is 0.614 bits per heavy atom. The van der Waals surface area contributed by atoms with Crippen LogP contribution in [0.5, 0.6) is 40.2 Å². The van der Waals surface area contributed by atoms with Gasteiger partial charge in [-0.1, -0.05) is 18.2 Å². The van der Waals surface area contributed by atoms with Crippen molar-refractivity contribution >= 4 is 0 Å². The Balaban J connectivity index is 1.18. The van der Waals surface area contributed by atoms with Crippen LogP contribution in [-0.2, 0) is 25.7 Å². The third kappa shape index (κ3) is 5.87. The van der Waals surface area contributed by atoms with E-state index >= 15 is 0 Å². The van der Waals surface area contributed by atoms with E-state index in [1.54, 1.807) is 20.3 Å². The van der Waals surface area contributed by atoms with Gasteiger partial charge in [0.25, 0.3) is 0 Å². The second-order valence-corrected chi connectivity index (χ2v) is 11.9. The summed E-state index contributed by atoms with van der Waals surface area (Å²) >= 11 is 0. The summed E-state index contributed by atoms with van der Waals surface area (Å²) in [6.45, 7) is 1.80. The van der Waals surface area contributed by atoms with Gasteiger partial charge >= 0.3 is 0 Å². The lowest BCUT2D eigenvalue weighted by Gasteiger charge is -2.35. The van der Waals surface area contributed by atoms with Gasteiger partial charge < -0.3 is 29.5 Å². The van der Waals surface area contributed by atoms with Gasteiger partial charge in [-0.25, -0.2) is 0 Å². The summed E-state index contributed by atoms with van der Waals surface area (Å²) in [5, 5.41) is 31.2. The van der Waals surface area contributed by atoms with Crippen LogP contribution in [0.15, 0.2) is 66.7 Å². The maximum absolute atomic E-state index is 10.7. The highest BCUT2D eigenvalue weighted by molar-refractivity contribution is 5.51. The Hall–Kier alpha value is -4.40. The van der Waals surface area contributed by atoms with Crippen molar-refractivity contribution in [3.8, 4) is 40.2 Å². The van der Waals surface area contributed by atoms with Crippen molar-refractivity contribution < 1.29 is 29.5 Å². The molecule has 44 heavy (non-hydrogen) atoms. The standard InChI is InChI=1S/C36H40N2O6/c1-37-13-11-24-18-32(40)34(42-3)20-27(24)29(37)15-22-5-8-26(9-6-22)44-36-17-23(7-10-31(36)39)16-30-28-21-35(43-4)33(41)19-25(28)12-14-38(30)2/h5-10,17-21,29-30,39-41H,11-16H2,1-4H3/t29-,30-/m1/s1. The summed E-state index contributed by atoms with van der Waals surface area (Å²) in [6.07, 6.45) is 3.26. The number of rotatable bonds is 8. The third-order valence-corrected chi connectivity index (χ3v) is 9.16. The van der Waals surface area contributed by atoms with Crippen molar-refractivity contribution in [1.29, 1.82) is 0 Å². The van der Waals surface area contributed by atoms with E-state index in [9.17, 15) is 15.3 Å². The largest absolute Gasteiger partial charge is 0.504 e. The molecule has 0 saturated heterocycles. The van der Waals surface area contributed by atoms with Crippen LogP contribution in [0.25, 0.3) is 0 Å². The molecule has 4 aromatic carbocycles. The van der Waals surface area contributed by atoms with Gasteiger partial charge in [-0.2, -0.15) is 0 Å². The Morgan fingerprint density at radius 3 is 1.64 bits per heavy atom. The highest BCUT2D eigenvalue weighted by atomic mass is 16.5. The van der Waals surface area contributed by atoms with Gasteiger partial charge in [-0.15, -0.1) is 0 Å². The van der Waals surface area contributed by atoms with Gasteiger partial charge in [-0.3, -0.25) is 9.80 Å². The Morgan fingerprint density at radius 2 is 1.11 bits per heavy atom. The fraction of sp³-hybridized carbons (Fsp3) is 0.333. The molecular formula is C36H40N2O6. The number of hydrogen-bond acceptors (Lipinski definition) is 8. The number of methoxy groups -OCH3 is 2. The molecule has 0 aromatic heterocycles. The summed E-state index contributed by atoms with van der Waals surface area (Å²) in [5.41, 5.74) is 6.79. The molecule has 2 aliphatic heterocycles. The van der Waals surface area contributed by atoms with Crippen molar-refractivity contribution in [2.24, 2.45) is 0 Å². The van der Waals surface area contributed by atoms with E-state index in [1.807, 2.05) is 48.5 Å². The number of ether oxygens (including phenoxy) is 3. The number of hydrogen-bond donors (Lipinski definition) is 3. The molecular weight excluding hydrogens is 556 g/mol. The fourth-order valence-corrected chi connectivity index (χ4v) is 6.58. The number of fused-ring (bicyclic) bond motifs is 2. The summed E-state index contributed by atoms with van der Waals surface area (Å²) in [6, 6.07) is 21.3. The summed E-state index contributed by atoms with van der Waals surface area (Å²) < 4.78 is 17.0. The van der Waals surface area contributed by atoms with Crippen LogP contribution in [0.2, 0.25) is 0 Å². The van der Waals surface area contributed by atoms with Crippen LogP contribution in [0.1, 0.15) is 45.5 Å². The van der Waals surface area contributed by atoms with Crippen molar-refractivity contribution in [1.82, 2.24) is 9.80 Å². The first kappa shape index (κ1) is 29.7. The van der Waals surface area contributed by atoms with Gasteiger partial charge in [0.05, 0.1) is 14.2 Å². The lowest BCUT2D eigenvalue weighted by atomic mass is 9.88. The Labute approximate surface area is 258 Å². The molecule has 0 radical (unpaired) electrons. The van der Waals surface area contributed by atoms with Crippen LogP contribution in [-0.4, -0.2) is 66.5 Å². The van der Waals surface area contributed by atoms with Gasteiger partial charge in [0.15, 0.2) is 34.5 Å². The van der Waals surface area contributed by atoms with Crippen molar-refractivity contribution in [2.45, 2.75) is 37.8 Å². The van der Waals surface area contributed by atoms with Crippen molar-refractivity contribution in [2.75, 3.05) is 41.4 Å². The molecule has 8 nitrogen and oxygen atoms in total. The maximum atomic E-state index is 10.7. The zero-order chi connectivity index (χ0) is 31.0. The van der Waals surface area contributed by atoms with E-state index in [4.69, 9.17) is 14.2 Å². The molecule has 8 heteroatoms. The Kier molecular flexibility index (Phi) is 8.29. The fourth-order valence-electron chi connectivity index (χ4n) is 6.58. The molecule has 0 saturated carbocycles. The second kappa shape index (κ2) is 12.3. The predicted octanol–water partition coefficient (Wildman–Crippen LogP) is 6.16. The van der Waals surface area contributed by atoms with Crippen LogP contribution in [0.4, 0.5) is 0 Å². The van der Waals surface area contributed by atoms with Crippen molar-refractivity contribution in [3.63, 3.8) is 0 Å². The average molecular weight is 597 g/mol. The van der Waals surface area contributed by atoms with Gasteiger partial charge in [0.2, 0.25) is 0 Å². The highest BCUT2D eigenvalue weighted by Gasteiger charge is 2.28. The second-order valence-electron chi connectivity index (χ2n) is 11.9. The number of nitrogens with zero attached hydrogens (tertiary/aromatic N) is 2. The lowest BCUT2D eigenvalue weighted by molar-refractivity contribution is 0.228. The molecule has 2 atom stereocenters. The molecule has 6 rings (SSSR count). The number of phenolic OH excluding ortho intramolecular Hbond substituents is 3. The summed E-state index contributed by atoms with van der Waals surface area (Å²) in [5.74, 6) is 2.44. The first-order valence-electron chi connectivity index (χ1n) is 15.0. The molecule has 4 aromatic rings. The molecule has 0 amide bonds. The predicted molar refractivity (Wildman–Crippen MR) is 169 cm³/mol. The van der Waals surface area contributed by atoms with Gasteiger partial charge in [0, 0.05) is 25.2 Å². The molecule has 0 aliphatic carbocycles. The highest BCUT2D eigenvalue weighted by Crippen LogP contribution is 2.41. The Bertz CT molecular complexity index is 1650. The monoisotopic (exact) mass is 596 g/mol. The number of benzene rings is 4. The molecule has 0 fully saturated rings. The van der Waals surface area contributed by atoms with Gasteiger partial charge in [-0.05, 0) is 122 Å².